The molecule has 0 saturated carbocycles. The fraction of sp³-hybridized carbons (Fsp3) is 0.462. The summed E-state index contributed by atoms with van der Waals surface area (Å²) in [7, 11) is 2.11. The van der Waals surface area contributed by atoms with Crippen molar-refractivity contribution in [1.82, 2.24) is 4.90 Å². The maximum absolute atomic E-state index is 11.1. The van der Waals surface area contributed by atoms with Crippen LogP contribution in [-0.2, 0) is 0 Å². The van der Waals surface area contributed by atoms with E-state index in [-0.39, 0.29) is 0 Å². The molecule has 4 heteroatoms. The Bertz CT molecular complexity index is 423. The van der Waals surface area contributed by atoms with E-state index in [2.05, 4.69) is 16.8 Å². The van der Waals surface area contributed by atoms with Gasteiger partial charge in [0.05, 0.1) is 5.56 Å². The third-order valence-electron chi connectivity index (χ3n) is 3.32. The lowest BCUT2D eigenvalue weighted by Gasteiger charge is -2.34. The minimum atomic E-state index is -0.849. The molecule has 1 saturated heterocycles. The first kappa shape index (κ1) is 11.9. The van der Waals surface area contributed by atoms with Crippen LogP contribution < -0.4 is 4.90 Å². The molecule has 1 aliphatic heterocycles. The second kappa shape index (κ2) is 4.75. The number of carboxylic acid groups (broad SMARTS) is 1. The summed E-state index contributed by atoms with van der Waals surface area (Å²) in [4.78, 5) is 15.6. The fourth-order valence-electron chi connectivity index (χ4n) is 2.10. The van der Waals surface area contributed by atoms with Crippen molar-refractivity contribution in [3.63, 3.8) is 0 Å². The van der Waals surface area contributed by atoms with E-state index in [0.717, 1.165) is 37.4 Å². The van der Waals surface area contributed by atoms with E-state index in [9.17, 15) is 4.79 Å². The van der Waals surface area contributed by atoms with E-state index in [1.165, 1.54) is 0 Å². The Morgan fingerprint density at radius 2 is 1.88 bits per heavy atom. The van der Waals surface area contributed by atoms with E-state index in [0.29, 0.717) is 5.56 Å². The Morgan fingerprint density at radius 3 is 2.47 bits per heavy atom. The van der Waals surface area contributed by atoms with E-state index >= 15 is 0 Å². The van der Waals surface area contributed by atoms with E-state index < -0.39 is 5.97 Å². The Labute approximate surface area is 101 Å². The number of anilines is 1. The van der Waals surface area contributed by atoms with E-state index in [1.54, 1.807) is 6.07 Å². The number of rotatable bonds is 2. The third kappa shape index (κ3) is 2.58. The molecule has 1 N–H and O–H groups in total. The first-order valence-corrected chi connectivity index (χ1v) is 5.85. The zero-order valence-corrected chi connectivity index (χ0v) is 10.3. The normalized spacial score (nSPS) is 17.2. The average molecular weight is 234 g/mol. The lowest BCUT2D eigenvalue weighted by molar-refractivity contribution is 0.0696. The number of hydrogen-bond donors (Lipinski definition) is 1. The number of aryl methyl sites for hydroxylation is 1. The van der Waals surface area contributed by atoms with Gasteiger partial charge in [0.25, 0.3) is 0 Å². The maximum atomic E-state index is 11.1. The van der Waals surface area contributed by atoms with Gasteiger partial charge in [0.2, 0.25) is 0 Å². The molecule has 4 nitrogen and oxygen atoms in total. The second-order valence-corrected chi connectivity index (χ2v) is 4.59. The minimum Gasteiger partial charge on any atom is -0.478 e. The van der Waals surface area contributed by atoms with Gasteiger partial charge in [-0.15, -0.1) is 0 Å². The van der Waals surface area contributed by atoms with Gasteiger partial charge < -0.3 is 14.9 Å². The standard InChI is InChI=1S/C13H18N2O2/c1-10-3-4-11(9-12(10)13(16)17)15-7-5-14(2)6-8-15/h3-4,9H,5-8H2,1-2H3,(H,16,17). The van der Waals surface area contributed by atoms with Gasteiger partial charge in [0, 0.05) is 31.9 Å². The lowest BCUT2D eigenvalue weighted by atomic mass is 10.1. The van der Waals surface area contributed by atoms with Crippen molar-refractivity contribution in [3.05, 3.63) is 29.3 Å². The monoisotopic (exact) mass is 234 g/mol. The van der Waals surface area contributed by atoms with Gasteiger partial charge in [-0.25, -0.2) is 4.79 Å². The summed E-state index contributed by atoms with van der Waals surface area (Å²) in [6.07, 6.45) is 0. The smallest absolute Gasteiger partial charge is 0.336 e. The van der Waals surface area contributed by atoms with Crippen LogP contribution in [0.25, 0.3) is 0 Å². The maximum Gasteiger partial charge on any atom is 0.336 e. The van der Waals surface area contributed by atoms with Gasteiger partial charge >= 0.3 is 5.97 Å². The summed E-state index contributed by atoms with van der Waals surface area (Å²) in [5.74, 6) is -0.849. The molecule has 1 aromatic carbocycles. The van der Waals surface area contributed by atoms with Crippen LogP contribution in [0.3, 0.4) is 0 Å². The molecule has 0 radical (unpaired) electrons. The predicted molar refractivity (Wildman–Crippen MR) is 67.8 cm³/mol. The van der Waals surface area contributed by atoms with Gasteiger partial charge in [0.15, 0.2) is 0 Å². The molecule has 0 bridgehead atoms. The quantitative estimate of drug-likeness (QED) is 0.841. The molecule has 0 atom stereocenters. The summed E-state index contributed by atoms with van der Waals surface area (Å²) >= 11 is 0. The van der Waals surface area contributed by atoms with Gasteiger partial charge in [-0.05, 0) is 31.7 Å². The van der Waals surface area contributed by atoms with Crippen molar-refractivity contribution >= 4 is 11.7 Å². The van der Waals surface area contributed by atoms with Crippen molar-refractivity contribution in [3.8, 4) is 0 Å². The molecular formula is C13H18N2O2. The van der Waals surface area contributed by atoms with Crippen LogP contribution in [0.4, 0.5) is 5.69 Å². The fourth-order valence-corrected chi connectivity index (χ4v) is 2.10. The zero-order valence-electron chi connectivity index (χ0n) is 10.3. The second-order valence-electron chi connectivity index (χ2n) is 4.59. The Morgan fingerprint density at radius 1 is 1.24 bits per heavy atom. The number of benzene rings is 1. The molecule has 0 spiro atoms. The third-order valence-corrected chi connectivity index (χ3v) is 3.32. The van der Waals surface area contributed by atoms with Crippen LogP contribution in [0.5, 0.6) is 0 Å². The van der Waals surface area contributed by atoms with Gasteiger partial charge in [0.1, 0.15) is 0 Å². The molecule has 0 unspecified atom stereocenters. The summed E-state index contributed by atoms with van der Waals surface area (Å²) in [6, 6.07) is 5.67. The Hall–Kier alpha value is -1.55. The number of carboxylic acids is 1. The van der Waals surface area contributed by atoms with Crippen LogP contribution in [0.1, 0.15) is 15.9 Å². The van der Waals surface area contributed by atoms with Crippen LogP contribution >= 0.6 is 0 Å². The molecule has 1 aliphatic rings. The number of aromatic carboxylic acids is 1. The van der Waals surface area contributed by atoms with Crippen LogP contribution in [-0.4, -0.2) is 49.2 Å². The van der Waals surface area contributed by atoms with Crippen molar-refractivity contribution in [2.45, 2.75) is 6.92 Å². The largest absolute Gasteiger partial charge is 0.478 e. The summed E-state index contributed by atoms with van der Waals surface area (Å²) in [5.41, 5.74) is 2.23. The number of piperazine rings is 1. The predicted octanol–water partition coefficient (Wildman–Crippen LogP) is 1.45. The molecule has 0 aromatic heterocycles. The molecule has 17 heavy (non-hydrogen) atoms. The van der Waals surface area contributed by atoms with Crippen molar-refractivity contribution in [2.75, 3.05) is 38.1 Å². The van der Waals surface area contributed by atoms with Crippen molar-refractivity contribution in [1.29, 1.82) is 0 Å². The van der Waals surface area contributed by atoms with Crippen molar-refractivity contribution in [2.24, 2.45) is 0 Å². The van der Waals surface area contributed by atoms with Crippen LogP contribution in [0.2, 0.25) is 0 Å². The molecule has 1 aromatic rings. The number of carbonyl (C=O) groups is 1. The molecule has 1 heterocycles. The first-order valence-electron chi connectivity index (χ1n) is 5.85. The zero-order chi connectivity index (χ0) is 12.4. The molecule has 92 valence electrons. The van der Waals surface area contributed by atoms with E-state index in [4.69, 9.17) is 5.11 Å². The highest BCUT2D eigenvalue weighted by Gasteiger charge is 2.16. The number of nitrogens with zero attached hydrogens (tertiary/aromatic N) is 2. The lowest BCUT2D eigenvalue weighted by Crippen LogP contribution is -2.44. The molecule has 2 rings (SSSR count). The molecule has 0 aliphatic carbocycles. The van der Waals surface area contributed by atoms with E-state index in [1.807, 2.05) is 19.1 Å². The highest BCUT2D eigenvalue weighted by molar-refractivity contribution is 5.90. The van der Waals surface area contributed by atoms with Crippen molar-refractivity contribution < 1.29 is 9.90 Å². The first-order chi connectivity index (χ1) is 8.08. The topological polar surface area (TPSA) is 43.8 Å². The van der Waals surface area contributed by atoms with Gasteiger partial charge in [-0.3, -0.25) is 0 Å². The summed E-state index contributed by atoms with van der Waals surface area (Å²) < 4.78 is 0. The Kier molecular flexibility index (Phi) is 3.33. The summed E-state index contributed by atoms with van der Waals surface area (Å²) in [5, 5.41) is 9.10. The molecule has 0 amide bonds. The number of hydrogen-bond acceptors (Lipinski definition) is 3. The van der Waals surface area contributed by atoms with Gasteiger partial charge in [-0.2, -0.15) is 0 Å². The average Bonchev–Trinajstić information content (AvgIpc) is 2.30. The molecular weight excluding hydrogens is 216 g/mol. The number of likely N-dealkylation sites (N-methyl/N-ethyl adjacent to an activating group) is 1. The van der Waals surface area contributed by atoms with Crippen LogP contribution in [0.15, 0.2) is 18.2 Å². The molecule has 1 fully saturated rings. The minimum absolute atomic E-state index is 0.404. The Balaban J connectivity index is 2.21. The highest BCUT2D eigenvalue weighted by Crippen LogP contribution is 2.20. The highest BCUT2D eigenvalue weighted by atomic mass is 16.4. The summed E-state index contributed by atoms with van der Waals surface area (Å²) in [6.45, 7) is 5.79. The SMILES string of the molecule is Cc1ccc(N2CCN(C)CC2)cc1C(=O)O. The van der Waals surface area contributed by atoms with Crippen LogP contribution in [0, 0.1) is 6.92 Å². The van der Waals surface area contributed by atoms with Gasteiger partial charge in [-0.1, -0.05) is 6.07 Å².